The maximum absolute atomic E-state index is 12.9. The molecule has 0 aliphatic carbocycles. The van der Waals surface area contributed by atoms with Crippen molar-refractivity contribution in [1.82, 2.24) is 0 Å². The minimum Gasteiger partial charge on any atom is -0.451 e. The van der Waals surface area contributed by atoms with Crippen LogP contribution in [0.4, 0.5) is 0 Å². The molecular formula is C28H27BrO2. The van der Waals surface area contributed by atoms with E-state index in [9.17, 15) is 4.79 Å². The Morgan fingerprint density at radius 1 is 0.903 bits per heavy atom. The first-order valence-electron chi connectivity index (χ1n) is 10.8. The number of benzene rings is 4. The van der Waals surface area contributed by atoms with E-state index < -0.39 is 5.60 Å². The third-order valence-corrected chi connectivity index (χ3v) is 7.04. The Balaban J connectivity index is 1.65. The summed E-state index contributed by atoms with van der Waals surface area (Å²) in [4.78, 5) is 12.9. The minimum absolute atomic E-state index is 0.314. The summed E-state index contributed by atoms with van der Waals surface area (Å²) in [6.07, 6.45) is 1.07. The Hall–Kier alpha value is -2.65. The molecule has 0 fully saturated rings. The lowest BCUT2D eigenvalue weighted by atomic mass is 9.93. The van der Waals surface area contributed by atoms with Crippen LogP contribution in [0.2, 0.25) is 0 Å². The summed E-state index contributed by atoms with van der Waals surface area (Å²) in [5.41, 5.74) is 1.97. The number of esters is 1. The quantitative estimate of drug-likeness (QED) is 0.214. The number of carbonyl (C=O) groups excluding carboxylic acids is 1. The van der Waals surface area contributed by atoms with Gasteiger partial charge in [0.15, 0.2) is 0 Å². The second-order valence-corrected chi connectivity index (χ2v) is 9.43. The Bertz CT molecular complexity index is 1260. The van der Waals surface area contributed by atoms with Crippen molar-refractivity contribution in [1.29, 1.82) is 0 Å². The molecule has 0 spiro atoms. The first-order chi connectivity index (χ1) is 14.8. The van der Waals surface area contributed by atoms with Crippen LogP contribution < -0.4 is 0 Å². The molecule has 0 aliphatic rings. The molecular weight excluding hydrogens is 448 g/mol. The van der Waals surface area contributed by atoms with Crippen LogP contribution in [0.15, 0.2) is 77.3 Å². The van der Waals surface area contributed by atoms with E-state index in [1.807, 2.05) is 38.1 Å². The molecule has 3 heteroatoms. The van der Waals surface area contributed by atoms with Gasteiger partial charge in [-0.1, -0.05) is 74.5 Å². The zero-order valence-electron chi connectivity index (χ0n) is 18.4. The molecule has 0 heterocycles. The van der Waals surface area contributed by atoms with Gasteiger partial charge in [0.1, 0.15) is 5.60 Å². The molecule has 4 aromatic rings. The van der Waals surface area contributed by atoms with Crippen molar-refractivity contribution in [3.05, 3.63) is 94.0 Å². The Kier molecular flexibility index (Phi) is 5.90. The van der Waals surface area contributed by atoms with Gasteiger partial charge in [0.05, 0.1) is 5.56 Å². The van der Waals surface area contributed by atoms with Gasteiger partial charge in [-0.3, -0.25) is 0 Å². The van der Waals surface area contributed by atoms with Gasteiger partial charge >= 0.3 is 5.97 Å². The Morgan fingerprint density at radius 3 is 2.29 bits per heavy atom. The molecule has 4 rings (SSSR count). The maximum Gasteiger partial charge on any atom is 0.338 e. The Morgan fingerprint density at radius 2 is 1.58 bits per heavy atom. The van der Waals surface area contributed by atoms with Gasteiger partial charge in [0.2, 0.25) is 0 Å². The summed E-state index contributed by atoms with van der Waals surface area (Å²) in [6, 6.07) is 24.6. The number of ether oxygens (including phenoxy) is 1. The van der Waals surface area contributed by atoms with Crippen molar-refractivity contribution < 1.29 is 9.53 Å². The van der Waals surface area contributed by atoms with Crippen molar-refractivity contribution in [3.8, 4) is 0 Å². The molecule has 158 valence electrons. The summed E-state index contributed by atoms with van der Waals surface area (Å²) in [6.45, 7) is 8.23. The number of fused-ring (bicyclic) bond motifs is 3. The monoisotopic (exact) mass is 474 g/mol. The second kappa shape index (κ2) is 8.47. The number of rotatable bonds is 5. The lowest BCUT2D eigenvalue weighted by molar-refractivity contribution is -0.00336. The zero-order chi connectivity index (χ0) is 22.2. The van der Waals surface area contributed by atoms with Gasteiger partial charge in [-0.05, 0) is 81.4 Å². The highest BCUT2D eigenvalue weighted by Crippen LogP contribution is 2.39. The average Bonchev–Trinajstić information content (AvgIpc) is 2.78. The van der Waals surface area contributed by atoms with Crippen LogP contribution in [0.3, 0.4) is 0 Å². The molecule has 0 aliphatic heterocycles. The molecule has 0 radical (unpaired) electrons. The highest BCUT2D eigenvalue weighted by molar-refractivity contribution is 9.10. The van der Waals surface area contributed by atoms with E-state index >= 15 is 0 Å². The van der Waals surface area contributed by atoms with Crippen LogP contribution in [0.25, 0.3) is 21.5 Å². The standard InChI is InChI=1S/C28H27BrO2/c1-5-18(2)19-10-12-21(13-11-19)27(30)31-28(3,4)25-17-16-23-22-9-7-6-8-20(22)14-15-24(23)26(25)29/h6-18H,5H2,1-4H3. The Labute approximate surface area is 192 Å². The topological polar surface area (TPSA) is 26.3 Å². The van der Waals surface area contributed by atoms with Crippen molar-refractivity contribution in [2.45, 2.75) is 45.6 Å². The summed E-state index contributed by atoms with van der Waals surface area (Å²) < 4.78 is 6.94. The van der Waals surface area contributed by atoms with Crippen LogP contribution in [0.1, 0.15) is 61.5 Å². The smallest absolute Gasteiger partial charge is 0.338 e. The predicted molar refractivity (Wildman–Crippen MR) is 133 cm³/mol. The molecule has 2 nitrogen and oxygen atoms in total. The fourth-order valence-electron chi connectivity index (χ4n) is 4.05. The van der Waals surface area contributed by atoms with Gasteiger partial charge < -0.3 is 4.74 Å². The molecule has 0 bridgehead atoms. The highest BCUT2D eigenvalue weighted by atomic mass is 79.9. The average molecular weight is 475 g/mol. The molecule has 1 unspecified atom stereocenters. The molecule has 31 heavy (non-hydrogen) atoms. The van der Waals surface area contributed by atoms with Crippen LogP contribution in [-0.4, -0.2) is 5.97 Å². The third-order valence-electron chi connectivity index (χ3n) is 6.18. The van der Waals surface area contributed by atoms with Gasteiger partial charge in [0, 0.05) is 10.0 Å². The van der Waals surface area contributed by atoms with E-state index in [1.165, 1.54) is 21.7 Å². The molecule has 0 amide bonds. The van der Waals surface area contributed by atoms with Crippen molar-refractivity contribution in [2.24, 2.45) is 0 Å². The first-order valence-corrected chi connectivity index (χ1v) is 11.5. The minimum atomic E-state index is -0.787. The van der Waals surface area contributed by atoms with Crippen LogP contribution >= 0.6 is 15.9 Å². The van der Waals surface area contributed by atoms with Gasteiger partial charge in [-0.25, -0.2) is 4.79 Å². The number of halogens is 1. The molecule has 0 saturated carbocycles. The summed E-state index contributed by atoms with van der Waals surface area (Å²) in [5.74, 6) is 0.164. The fourth-order valence-corrected chi connectivity index (χ4v) is 5.00. The number of hydrogen-bond acceptors (Lipinski definition) is 2. The lowest BCUT2D eigenvalue weighted by Crippen LogP contribution is -2.26. The van der Waals surface area contributed by atoms with Crippen LogP contribution in [0.5, 0.6) is 0 Å². The first kappa shape index (κ1) is 21.6. The van der Waals surface area contributed by atoms with Crippen molar-refractivity contribution >= 4 is 43.4 Å². The van der Waals surface area contributed by atoms with E-state index in [2.05, 4.69) is 78.3 Å². The number of hydrogen-bond donors (Lipinski definition) is 0. The van der Waals surface area contributed by atoms with E-state index in [4.69, 9.17) is 4.74 Å². The molecule has 0 saturated heterocycles. The van der Waals surface area contributed by atoms with E-state index in [0.717, 1.165) is 21.8 Å². The fraction of sp³-hybridized carbons (Fsp3) is 0.250. The highest BCUT2D eigenvalue weighted by Gasteiger charge is 2.29. The largest absolute Gasteiger partial charge is 0.451 e. The van der Waals surface area contributed by atoms with Gasteiger partial charge in [-0.15, -0.1) is 0 Å². The number of carbonyl (C=O) groups is 1. The summed E-state index contributed by atoms with van der Waals surface area (Å²) >= 11 is 3.79. The van der Waals surface area contributed by atoms with Gasteiger partial charge in [-0.2, -0.15) is 0 Å². The summed E-state index contributed by atoms with van der Waals surface area (Å²) in [7, 11) is 0. The maximum atomic E-state index is 12.9. The van der Waals surface area contributed by atoms with E-state index in [0.29, 0.717) is 11.5 Å². The SMILES string of the molecule is CCC(C)c1ccc(C(=O)OC(C)(C)c2ccc3c(ccc4ccccc43)c2Br)cc1. The second-order valence-electron chi connectivity index (χ2n) is 8.64. The third kappa shape index (κ3) is 4.12. The normalized spacial score (nSPS) is 12.8. The van der Waals surface area contributed by atoms with Crippen LogP contribution in [0, 0.1) is 0 Å². The molecule has 0 N–H and O–H groups in total. The zero-order valence-corrected chi connectivity index (χ0v) is 20.0. The lowest BCUT2D eigenvalue weighted by Gasteiger charge is -2.27. The van der Waals surface area contributed by atoms with E-state index in [-0.39, 0.29) is 5.97 Å². The van der Waals surface area contributed by atoms with Gasteiger partial charge in [0.25, 0.3) is 0 Å². The van der Waals surface area contributed by atoms with E-state index in [1.54, 1.807) is 0 Å². The summed E-state index contributed by atoms with van der Waals surface area (Å²) in [5, 5.41) is 4.71. The van der Waals surface area contributed by atoms with Crippen molar-refractivity contribution in [2.75, 3.05) is 0 Å². The van der Waals surface area contributed by atoms with Crippen molar-refractivity contribution in [3.63, 3.8) is 0 Å². The molecule has 0 aromatic heterocycles. The molecule has 1 atom stereocenters. The predicted octanol–water partition coefficient (Wildman–Crippen LogP) is 8.36. The van der Waals surface area contributed by atoms with Crippen LogP contribution in [-0.2, 0) is 10.3 Å². The molecule has 4 aromatic carbocycles.